The Morgan fingerprint density at radius 1 is 1.05 bits per heavy atom. The normalized spacial score (nSPS) is 10.4. The van der Waals surface area contributed by atoms with Gasteiger partial charge in [-0.25, -0.2) is 13.2 Å². The topological polar surface area (TPSA) is 26.3 Å². The highest BCUT2D eigenvalue weighted by Crippen LogP contribution is 2.21. The van der Waals surface area contributed by atoms with Gasteiger partial charge in [0.05, 0.1) is 10.0 Å². The van der Waals surface area contributed by atoms with Crippen LogP contribution in [0, 0.1) is 17.5 Å². The molecule has 2 rings (SSSR count). The molecule has 0 fully saturated rings. The van der Waals surface area contributed by atoms with Crippen LogP contribution in [0.25, 0.3) is 0 Å². The molecule has 0 saturated heterocycles. The van der Waals surface area contributed by atoms with E-state index in [0.29, 0.717) is 6.07 Å². The third kappa shape index (κ3) is 3.39. The van der Waals surface area contributed by atoms with Gasteiger partial charge in [-0.3, -0.25) is 4.79 Å². The van der Waals surface area contributed by atoms with Gasteiger partial charge in [0.15, 0.2) is 6.61 Å². The number of benzene rings is 2. The van der Waals surface area contributed by atoms with E-state index in [-0.39, 0.29) is 15.8 Å². The molecule has 0 saturated carbocycles. The zero-order valence-corrected chi connectivity index (χ0v) is 11.6. The molecule has 0 unspecified atom stereocenters. The van der Waals surface area contributed by atoms with Crippen molar-refractivity contribution in [1.29, 1.82) is 0 Å². The second-order valence-electron chi connectivity index (χ2n) is 3.91. The summed E-state index contributed by atoms with van der Waals surface area (Å²) in [5, 5.41) is 0. The summed E-state index contributed by atoms with van der Waals surface area (Å²) < 4.78 is 44.6. The smallest absolute Gasteiger partial charge is 0.203 e. The Bertz CT molecular complexity index is 659. The van der Waals surface area contributed by atoms with Crippen molar-refractivity contribution < 1.29 is 22.7 Å². The predicted molar refractivity (Wildman–Crippen MR) is 70.3 cm³/mol. The fourth-order valence-corrected chi connectivity index (χ4v) is 1.76. The maximum atomic E-state index is 13.4. The minimum absolute atomic E-state index is 0.140. The Morgan fingerprint density at radius 2 is 1.80 bits per heavy atom. The number of carbonyl (C=O) groups is 1. The number of hydrogen-bond donors (Lipinski definition) is 0. The highest BCUT2D eigenvalue weighted by atomic mass is 79.9. The first kappa shape index (κ1) is 14.6. The zero-order valence-electron chi connectivity index (χ0n) is 10.00. The van der Waals surface area contributed by atoms with Gasteiger partial charge < -0.3 is 4.74 Å². The third-order valence-electron chi connectivity index (χ3n) is 2.49. The van der Waals surface area contributed by atoms with E-state index < -0.39 is 29.8 Å². The second kappa shape index (κ2) is 6.09. The van der Waals surface area contributed by atoms with E-state index in [4.69, 9.17) is 4.74 Å². The number of rotatable bonds is 4. The molecule has 2 aromatic carbocycles. The number of ether oxygens (including phenoxy) is 1. The molecular formula is C14H8BrF3O2. The molecule has 0 amide bonds. The van der Waals surface area contributed by atoms with Crippen LogP contribution in [0.3, 0.4) is 0 Å². The van der Waals surface area contributed by atoms with Crippen molar-refractivity contribution in [2.24, 2.45) is 0 Å². The van der Waals surface area contributed by atoms with E-state index in [1.54, 1.807) is 0 Å². The highest BCUT2D eigenvalue weighted by Gasteiger charge is 2.13. The van der Waals surface area contributed by atoms with Crippen molar-refractivity contribution in [2.75, 3.05) is 6.61 Å². The Balaban J connectivity index is 2.06. The van der Waals surface area contributed by atoms with Gasteiger partial charge in [0.25, 0.3) is 0 Å². The fraction of sp³-hybridized carbons (Fsp3) is 0.0714. The molecule has 0 aliphatic rings. The predicted octanol–water partition coefficient (Wildman–Crippen LogP) is 4.13. The lowest BCUT2D eigenvalue weighted by molar-refractivity contribution is 0.0917. The van der Waals surface area contributed by atoms with Gasteiger partial charge in [-0.15, -0.1) is 0 Å². The summed E-state index contributed by atoms with van der Waals surface area (Å²) >= 11 is 2.98. The summed E-state index contributed by atoms with van der Waals surface area (Å²) in [6.07, 6.45) is 0. The molecule has 0 heterocycles. The molecule has 20 heavy (non-hydrogen) atoms. The van der Waals surface area contributed by atoms with Crippen LogP contribution >= 0.6 is 15.9 Å². The monoisotopic (exact) mass is 344 g/mol. The summed E-state index contributed by atoms with van der Waals surface area (Å²) in [7, 11) is 0. The van der Waals surface area contributed by atoms with Crippen LogP contribution in [-0.2, 0) is 0 Å². The lowest BCUT2D eigenvalue weighted by Gasteiger charge is -2.07. The van der Waals surface area contributed by atoms with Crippen molar-refractivity contribution in [3.63, 3.8) is 0 Å². The Kier molecular flexibility index (Phi) is 4.44. The zero-order chi connectivity index (χ0) is 14.7. The standard InChI is InChI=1S/C14H8BrF3O2/c15-11-4-2-9(6-13(11)18)20-7-14(19)10-3-1-8(16)5-12(10)17/h1-6H,7H2. The molecule has 0 aliphatic carbocycles. The molecule has 2 aromatic rings. The lowest BCUT2D eigenvalue weighted by atomic mass is 10.1. The maximum absolute atomic E-state index is 13.4. The van der Waals surface area contributed by atoms with E-state index in [1.165, 1.54) is 12.1 Å². The highest BCUT2D eigenvalue weighted by molar-refractivity contribution is 9.10. The van der Waals surface area contributed by atoms with E-state index >= 15 is 0 Å². The van der Waals surface area contributed by atoms with Crippen LogP contribution in [0.2, 0.25) is 0 Å². The first-order chi connectivity index (χ1) is 9.47. The number of ketones is 1. The van der Waals surface area contributed by atoms with Crippen LogP contribution in [0.15, 0.2) is 40.9 Å². The molecule has 0 radical (unpaired) electrons. The van der Waals surface area contributed by atoms with Crippen molar-refractivity contribution in [3.8, 4) is 5.75 Å². The number of carbonyl (C=O) groups excluding carboxylic acids is 1. The van der Waals surface area contributed by atoms with Gasteiger partial charge in [-0.05, 0) is 40.2 Å². The van der Waals surface area contributed by atoms with Crippen molar-refractivity contribution >= 4 is 21.7 Å². The molecular weight excluding hydrogens is 337 g/mol. The minimum Gasteiger partial charge on any atom is -0.485 e. The van der Waals surface area contributed by atoms with Gasteiger partial charge in [0.2, 0.25) is 5.78 Å². The quantitative estimate of drug-likeness (QED) is 0.779. The van der Waals surface area contributed by atoms with Crippen LogP contribution < -0.4 is 4.74 Å². The summed E-state index contributed by atoms with van der Waals surface area (Å²) in [6, 6.07) is 6.62. The number of hydrogen-bond acceptors (Lipinski definition) is 2. The fourth-order valence-electron chi connectivity index (χ4n) is 1.51. The summed E-state index contributed by atoms with van der Waals surface area (Å²) in [4.78, 5) is 11.7. The first-order valence-electron chi connectivity index (χ1n) is 5.53. The van der Waals surface area contributed by atoms with Gasteiger partial charge in [0.1, 0.15) is 23.2 Å². The molecule has 0 aliphatic heterocycles. The number of Topliss-reactive ketones (excluding diaryl/α,β-unsaturated/α-hetero) is 1. The largest absolute Gasteiger partial charge is 0.485 e. The number of halogens is 4. The van der Waals surface area contributed by atoms with Gasteiger partial charge in [-0.2, -0.15) is 0 Å². The second-order valence-corrected chi connectivity index (χ2v) is 4.77. The lowest BCUT2D eigenvalue weighted by Crippen LogP contribution is -2.13. The summed E-state index contributed by atoms with van der Waals surface area (Å²) in [5.74, 6) is -2.79. The Labute approximate surface area is 121 Å². The summed E-state index contributed by atoms with van der Waals surface area (Å²) in [6.45, 7) is -0.469. The SMILES string of the molecule is O=C(COc1ccc(Br)c(F)c1)c1ccc(F)cc1F. The van der Waals surface area contributed by atoms with Crippen molar-refractivity contribution in [3.05, 3.63) is 63.9 Å². The minimum atomic E-state index is -0.958. The molecule has 0 spiro atoms. The van der Waals surface area contributed by atoms with Crippen LogP contribution in [0.4, 0.5) is 13.2 Å². The van der Waals surface area contributed by atoms with Crippen LogP contribution in [0.5, 0.6) is 5.75 Å². The summed E-state index contributed by atoms with van der Waals surface area (Å²) in [5.41, 5.74) is -0.274. The molecule has 0 bridgehead atoms. The van der Waals surface area contributed by atoms with Gasteiger partial charge >= 0.3 is 0 Å². The van der Waals surface area contributed by atoms with Crippen LogP contribution in [0.1, 0.15) is 10.4 Å². The van der Waals surface area contributed by atoms with Gasteiger partial charge in [0, 0.05) is 12.1 Å². The van der Waals surface area contributed by atoms with Crippen molar-refractivity contribution in [2.45, 2.75) is 0 Å². The molecule has 0 atom stereocenters. The van der Waals surface area contributed by atoms with E-state index in [2.05, 4.69) is 15.9 Å². The average molecular weight is 345 g/mol. The molecule has 104 valence electrons. The molecule has 2 nitrogen and oxygen atoms in total. The first-order valence-corrected chi connectivity index (χ1v) is 6.33. The van der Waals surface area contributed by atoms with Crippen molar-refractivity contribution in [1.82, 2.24) is 0 Å². The Hall–Kier alpha value is -1.82. The average Bonchev–Trinajstić information content (AvgIpc) is 2.40. The molecule has 0 aromatic heterocycles. The Morgan fingerprint density at radius 3 is 2.45 bits per heavy atom. The maximum Gasteiger partial charge on any atom is 0.203 e. The van der Waals surface area contributed by atoms with E-state index in [0.717, 1.165) is 18.2 Å². The van der Waals surface area contributed by atoms with Crippen LogP contribution in [-0.4, -0.2) is 12.4 Å². The molecule has 6 heteroatoms. The van der Waals surface area contributed by atoms with E-state index in [1.807, 2.05) is 0 Å². The van der Waals surface area contributed by atoms with Gasteiger partial charge in [-0.1, -0.05) is 0 Å². The molecule has 0 N–H and O–H groups in total. The third-order valence-corrected chi connectivity index (χ3v) is 3.14. The van der Waals surface area contributed by atoms with E-state index in [9.17, 15) is 18.0 Å².